The molecule has 0 fully saturated rings. The summed E-state index contributed by atoms with van der Waals surface area (Å²) in [4.78, 5) is 11.3. The van der Waals surface area contributed by atoms with Gasteiger partial charge < -0.3 is 10.6 Å². The van der Waals surface area contributed by atoms with Gasteiger partial charge in [-0.2, -0.15) is 0 Å². The normalized spacial score (nSPS) is 9.76. The second-order valence-electron chi connectivity index (χ2n) is 4.07. The van der Waals surface area contributed by atoms with Crippen LogP contribution in [0.2, 0.25) is 0 Å². The van der Waals surface area contributed by atoms with E-state index in [1.54, 1.807) is 6.08 Å². The minimum Gasteiger partial charge on any atom is -0.385 e. The Morgan fingerprint density at radius 3 is 2.76 bits per heavy atom. The molecule has 0 saturated carbocycles. The number of hydrogen-bond acceptors (Lipinski definition) is 2. The van der Waals surface area contributed by atoms with Crippen LogP contribution in [0.1, 0.15) is 17.5 Å². The van der Waals surface area contributed by atoms with Gasteiger partial charge in [0.1, 0.15) is 0 Å². The Balaban J connectivity index is 2.33. The third-order valence-corrected chi connectivity index (χ3v) is 2.63. The first-order valence-corrected chi connectivity index (χ1v) is 5.82. The van der Waals surface area contributed by atoms with Gasteiger partial charge in [0.05, 0.1) is 0 Å². The maximum absolute atomic E-state index is 11.3. The lowest BCUT2D eigenvalue weighted by atomic mass is 10.1. The predicted molar refractivity (Wildman–Crippen MR) is 72.2 cm³/mol. The smallest absolute Gasteiger partial charge is 0.222 e. The summed E-state index contributed by atoms with van der Waals surface area (Å²) in [6, 6.07) is 6.20. The SMILES string of the molecule is C=CCNC(=O)CCNc1ccc(C)c(C)c1. The van der Waals surface area contributed by atoms with E-state index in [0.29, 0.717) is 19.5 Å². The molecule has 0 spiro atoms. The largest absolute Gasteiger partial charge is 0.385 e. The number of carbonyl (C=O) groups is 1. The summed E-state index contributed by atoms with van der Waals surface area (Å²) in [7, 11) is 0. The Morgan fingerprint density at radius 1 is 1.35 bits per heavy atom. The van der Waals surface area contributed by atoms with Gasteiger partial charge in [0, 0.05) is 25.2 Å². The van der Waals surface area contributed by atoms with Gasteiger partial charge in [-0.15, -0.1) is 6.58 Å². The second kappa shape index (κ2) is 6.74. The minimum absolute atomic E-state index is 0.0428. The molecule has 1 aromatic rings. The average Bonchev–Trinajstić information content (AvgIpc) is 2.31. The van der Waals surface area contributed by atoms with E-state index in [9.17, 15) is 4.79 Å². The minimum atomic E-state index is 0.0428. The van der Waals surface area contributed by atoms with Gasteiger partial charge in [0.2, 0.25) is 5.91 Å². The molecule has 92 valence electrons. The van der Waals surface area contributed by atoms with Crippen LogP contribution < -0.4 is 10.6 Å². The quantitative estimate of drug-likeness (QED) is 0.739. The molecule has 0 aliphatic carbocycles. The first-order valence-electron chi connectivity index (χ1n) is 5.82. The Kier molecular flexibility index (Phi) is 5.27. The summed E-state index contributed by atoms with van der Waals surface area (Å²) in [5, 5.41) is 5.98. The highest BCUT2D eigenvalue weighted by Crippen LogP contribution is 2.13. The molecule has 1 amide bonds. The van der Waals surface area contributed by atoms with Crippen LogP contribution in [-0.2, 0) is 4.79 Å². The molecular formula is C14H20N2O. The van der Waals surface area contributed by atoms with Gasteiger partial charge in [-0.25, -0.2) is 0 Å². The van der Waals surface area contributed by atoms with Gasteiger partial charge in [0.15, 0.2) is 0 Å². The monoisotopic (exact) mass is 232 g/mol. The molecule has 0 saturated heterocycles. The molecule has 17 heavy (non-hydrogen) atoms. The van der Waals surface area contributed by atoms with Crippen molar-refractivity contribution < 1.29 is 4.79 Å². The van der Waals surface area contributed by atoms with Crippen molar-refractivity contribution in [3.8, 4) is 0 Å². The fraction of sp³-hybridized carbons (Fsp3) is 0.357. The molecule has 0 aromatic heterocycles. The van der Waals surface area contributed by atoms with Gasteiger partial charge in [-0.3, -0.25) is 4.79 Å². The van der Waals surface area contributed by atoms with E-state index in [-0.39, 0.29) is 5.91 Å². The van der Waals surface area contributed by atoms with Crippen molar-refractivity contribution >= 4 is 11.6 Å². The fourth-order valence-corrected chi connectivity index (χ4v) is 1.45. The number of nitrogens with one attached hydrogen (secondary N) is 2. The van der Waals surface area contributed by atoms with Crippen LogP contribution in [0.25, 0.3) is 0 Å². The Bertz CT molecular complexity index is 399. The number of anilines is 1. The lowest BCUT2D eigenvalue weighted by Crippen LogP contribution is -2.25. The molecule has 0 atom stereocenters. The predicted octanol–water partition coefficient (Wildman–Crippen LogP) is 2.41. The van der Waals surface area contributed by atoms with E-state index in [2.05, 4.69) is 43.2 Å². The summed E-state index contributed by atoms with van der Waals surface area (Å²) >= 11 is 0. The number of amides is 1. The van der Waals surface area contributed by atoms with E-state index in [0.717, 1.165) is 5.69 Å². The summed E-state index contributed by atoms with van der Waals surface area (Å²) in [5.41, 5.74) is 3.59. The van der Waals surface area contributed by atoms with Crippen LogP contribution in [0, 0.1) is 13.8 Å². The molecule has 0 radical (unpaired) electrons. The second-order valence-corrected chi connectivity index (χ2v) is 4.07. The molecule has 0 heterocycles. The van der Waals surface area contributed by atoms with Crippen molar-refractivity contribution in [3.63, 3.8) is 0 Å². The van der Waals surface area contributed by atoms with Gasteiger partial charge in [-0.1, -0.05) is 12.1 Å². The third-order valence-electron chi connectivity index (χ3n) is 2.63. The molecule has 0 aliphatic rings. The number of rotatable bonds is 6. The molecule has 2 N–H and O–H groups in total. The van der Waals surface area contributed by atoms with Gasteiger partial charge >= 0.3 is 0 Å². The first kappa shape index (κ1) is 13.3. The van der Waals surface area contributed by atoms with Crippen LogP contribution in [-0.4, -0.2) is 19.0 Å². The van der Waals surface area contributed by atoms with Crippen LogP contribution in [0.4, 0.5) is 5.69 Å². The maximum atomic E-state index is 11.3. The van der Waals surface area contributed by atoms with Crippen LogP contribution in [0.3, 0.4) is 0 Å². The highest BCUT2D eigenvalue weighted by atomic mass is 16.1. The van der Waals surface area contributed by atoms with E-state index in [1.165, 1.54) is 11.1 Å². The first-order chi connectivity index (χ1) is 8.13. The zero-order chi connectivity index (χ0) is 12.7. The third kappa shape index (κ3) is 4.72. The summed E-state index contributed by atoms with van der Waals surface area (Å²) in [6.07, 6.45) is 2.15. The Labute approximate surface area is 103 Å². The fourth-order valence-electron chi connectivity index (χ4n) is 1.45. The number of aryl methyl sites for hydroxylation is 2. The van der Waals surface area contributed by atoms with E-state index < -0.39 is 0 Å². The number of hydrogen-bond donors (Lipinski definition) is 2. The number of benzene rings is 1. The van der Waals surface area contributed by atoms with Crippen molar-refractivity contribution in [2.45, 2.75) is 20.3 Å². The van der Waals surface area contributed by atoms with E-state index >= 15 is 0 Å². The number of carbonyl (C=O) groups excluding carboxylic acids is 1. The standard InChI is InChI=1S/C14H20N2O/c1-4-8-16-14(17)7-9-15-13-6-5-11(2)12(3)10-13/h4-6,10,15H,1,7-9H2,2-3H3,(H,16,17). The average molecular weight is 232 g/mol. The highest BCUT2D eigenvalue weighted by Gasteiger charge is 2.00. The summed E-state index contributed by atoms with van der Waals surface area (Å²) < 4.78 is 0. The summed E-state index contributed by atoms with van der Waals surface area (Å²) in [5.74, 6) is 0.0428. The molecule has 3 nitrogen and oxygen atoms in total. The van der Waals surface area contributed by atoms with E-state index in [4.69, 9.17) is 0 Å². The molecule has 1 rings (SSSR count). The lowest BCUT2D eigenvalue weighted by molar-refractivity contribution is -0.120. The van der Waals surface area contributed by atoms with Gasteiger partial charge in [-0.05, 0) is 37.1 Å². The molecule has 1 aromatic carbocycles. The molecule has 0 bridgehead atoms. The maximum Gasteiger partial charge on any atom is 0.222 e. The van der Waals surface area contributed by atoms with Crippen LogP contribution >= 0.6 is 0 Å². The lowest BCUT2D eigenvalue weighted by Gasteiger charge is -2.08. The summed E-state index contributed by atoms with van der Waals surface area (Å²) in [6.45, 7) is 8.89. The zero-order valence-electron chi connectivity index (χ0n) is 10.5. The van der Waals surface area contributed by atoms with Crippen LogP contribution in [0.15, 0.2) is 30.9 Å². The van der Waals surface area contributed by atoms with Gasteiger partial charge in [0.25, 0.3) is 0 Å². The van der Waals surface area contributed by atoms with Crippen LogP contribution in [0.5, 0.6) is 0 Å². The molecule has 3 heteroatoms. The molecule has 0 aliphatic heterocycles. The topological polar surface area (TPSA) is 41.1 Å². The Hall–Kier alpha value is -1.77. The zero-order valence-corrected chi connectivity index (χ0v) is 10.5. The molecular weight excluding hydrogens is 212 g/mol. The van der Waals surface area contributed by atoms with Crippen molar-refractivity contribution in [1.82, 2.24) is 5.32 Å². The van der Waals surface area contributed by atoms with Crippen molar-refractivity contribution in [3.05, 3.63) is 42.0 Å². The molecule has 0 unspecified atom stereocenters. The highest BCUT2D eigenvalue weighted by molar-refractivity contribution is 5.76. The van der Waals surface area contributed by atoms with Crippen molar-refractivity contribution in [2.24, 2.45) is 0 Å². The van der Waals surface area contributed by atoms with Crippen molar-refractivity contribution in [2.75, 3.05) is 18.4 Å². The van der Waals surface area contributed by atoms with E-state index in [1.807, 2.05) is 6.07 Å². The van der Waals surface area contributed by atoms with Crippen molar-refractivity contribution in [1.29, 1.82) is 0 Å². The Morgan fingerprint density at radius 2 is 2.12 bits per heavy atom.